The normalized spacial score (nSPS) is 10.6. The Morgan fingerprint density at radius 3 is 2.35 bits per heavy atom. The van der Waals surface area contributed by atoms with E-state index in [1.54, 1.807) is 30.6 Å². The van der Waals surface area contributed by atoms with Crippen molar-refractivity contribution in [3.8, 4) is 0 Å². The van der Waals surface area contributed by atoms with Crippen LogP contribution in [0, 0.1) is 6.92 Å². The number of nitrogens with zero attached hydrogens (tertiary/aromatic N) is 1. The highest BCUT2D eigenvalue weighted by molar-refractivity contribution is 6.06. The number of ketones is 1. The first kappa shape index (κ1) is 11.3. The zero-order valence-electron chi connectivity index (χ0n) is 9.63. The summed E-state index contributed by atoms with van der Waals surface area (Å²) in [5.74, 6) is -0.00650. The lowest BCUT2D eigenvalue weighted by Gasteiger charge is -1.95. The van der Waals surface area contributed by atoms with Crippen LogP contribution in [0.5, 0.6) is 0 Å². The maximum Gasteiger partial charge on any atom is 0.185 e. The molecule has 0 radical (unpaired) electrons. The molecule has 0 aliphatic heterocycles. The average molecular weight is 223 g/mol. The van der Waals surface area contributed by atoms with Crippen LogP contribution in [0.25, 0.3) is 6.08 Å². The molecule has 0 saturated heterocycles. The van der Waals surface area contributed by atoms with Gasteiger partial charge in [-0.05, 0) is 30.7 Å². The minimum atomic E-state index is -0.00650. The van der Waals surface area contributed by atoms with E-state index in [0.29, 0.717) is 5.56 Å². The molecule has 2 nitrogen and oxygen atoms in total. The Labute approximate surface area is 101 Å². The number of hydrogen-bond acceptors (Lipinski definition) is 2. The van der Waals surface area contributed by atoms with Crippen molar-refractivity contribution in [2.45, 2.75) is 6.92 Å². The Kier molecular flexibility index (Phi) is 3.46. The van der Waals surface area contributed by atoms with Crippen molar-refractivity contribution in [3.05, 3.63) is 71.6 Å². The molecule has 2 rings (SSSR count). The lowest BCUT2D eigenvalue weighted by Crippen LogP contribution is -1.93. The molecule has 0 fully saturated rings. The van der Waals surface area contributed by atoms with Crippen LogP contribution < -0.4 is 0 Å². The van der Waals surface area contributed by atoms with Crippen molar-refractivity contribution in [1.82, 2.24) is 4.98 Å². The molecule has 2 heteroatoms. The van der Waals surface area contributed by atoms with E-state index in [9.17, 15) is 4.79 Å². The van der Waals surface area contributed by atoms with Crippen molar-refractivity contribution in [1.29, 1.82) is 0 Å². The van der Waals surface area contributed by atoms with Gasteiger partial charge in [-0.25, -0.2) is 0 Å². The number of allylic oxidation sites excluding steroid dienone is 1. The van der Waals surface area contributed by atoms with Gasteiger partial charge < -0.3 is 0 Å². The predicted octanol–water partition coefficient (Wildman–Crippen LogP) is 3.29. The third-order valence-electron chi connectivity index (χ3n) is 2.47. The number of rotatable bonds is 3. The lowest BCUT2D eigenvalue weighted by molar-refractivity contribution is 0.104. The molecule has 0 spiro atoms. The van der Waals surface area contributed by atoms with Gasteiger partial charge in [0.25, 0.3) is 0 Å². The quantitative estimate of drug-likeness (QED) is 0.590. The number of carbonyl (C=O) groups is 1. The Morgan fingerprint density at radius 2 is 1.71 bits per heavy atom. The summed E-state index contributed by atoms with van der Waals surface area (Å²) in [6.45, 7) is 2.04. The summed E-state index contributed by atoms with van der Waals surface area (Å²) >= 11 is 0. The van der Waals surface area contributed by atoms with Gasteiger partial charge in [0.15, 0.2) is 5.78 Å². The molecule has 0 amide bonds. The molecule has 17 heavy (non-hydrogen) atoms. The molecule has 1 aromatic heterocycles. The Hall–Kier alpha value is -2.22. The number of aromatic nitrogens is 1. The second kappa shape index (κ2) is 5.21. The highest BCUT2D eigenvalue weighted by Gasteiger charge is 1.99. The van der Waals surface area contributed by atoms with Gasteiger partial charge in [0.1, 0.15) is 0 Å². The van der Waals surface area contributed by atoms with Gasteiger partial charge in [-0.1, -0.05) is 35.9 Å². The topological polar surface area (TPSA) is 30.0 Å². The minimum Gasteiger partial charge on any atom is -0.289 e. The highest BCUT2D eigenvalue weighted by atomic mass is 16.1. The summed E-state index contributed by atoms with van der Waals surface area (Å²) in [6.07, 6.45) is 6.64. The number of hydrogen-bond donors (Lipinski definition) is 0. The van der Waals surface area contributed by atoms with E-state index in [1.165, 1.54) is 5.56 Å². The van der Waals surface area contributed by atoms with Gasteiger partial charge in [-0.15, -0.1) is 0 Å². The van der Waals surface area contributed by atoms with E-state index < -0.39 is 0 Å². The van der Waals surface area contributed by atoms with Crippen molar-refractivity contribution in [2.75, 3.05) is 0 Å². The van der Waals surface area contributed by atoms with Crippen LogP contribution in [-0.4, -0.2) is 10.8 Å². The van der Waals surface area contributed by atoms with Crippen molar-refractivity contribution < 1.29 is 4.79 Å². The van der Waals surface area contributed by atoms with E-state index in [0.717, 1.165) is 5.56 Å². The molecular formula is C15H13NO. The molecule has 0 N–H and O–H groups in total. The van der Waals surface area contributed by atoms with E-state index >= 15 is 0 Å². The molecule has 0 aliphatic carbocycles. The smallest absolute Gasteiger partial charge is 0.185 e. The molecule has 0 aliphatic rings. The summed E-state index contributed by atoms with van der Waals surface area (Å²) in [5.41, 5.74) is 2.89. The molecule has 1 aromatic carbocycles. The monoisotopic (exact) mass is 223 g/mol. The third-order valence-corrected chi connectivity index (χ3v) is 2.47. The zero-order chi connectivity index (χ0) is 12.1. The van der Waals surface area contributed by atoms with E-state index in [4.69, 9.17) is 0 Å². The maximum absolute atomic E-state index is 11.8. The van der Waals surface area contributed by atoms with Crippen molar-refractivity contribution >= 4 is 11.9 Å². The van der Waals surface area contributed by atoms with E-state index in [-0.39, 0.29) is 5.78 Å². The first-order valence-corrected chi connectivity index (χ1v) is 5.45. The number of aryl methyl sites for hydroxylation is 1. The van der Waals surface area contributed by atoms with Gasteiger partial charge >= 0.3 is 0 Å². The first-order valence-electron chi connectivity index (χ1n) is 5.45. The van der Waals surface area contributed by atoms with E-state index in [2.05, 4.69) is 4.98 Å². The van der Waals surface area contributed by atoms with Crippen molar-refractivity contribution in [3.63, 3.8) is 0 Å². The molecular weight excluding hydrogens is 210 g/mol. The summed E-state index contributed by atoms with van der Waals surface area (Å²) in [5, 5.41) is 0. The van der Waals surface area contributed by atoms with Crippen LogP contribution in [0.2, 0.25) is 0 Å². The second-order valence-corrected chi connectivity index (χ2v) is 3.84. The van der Waals surface area contributed by atoms with Gasteiger partial charge in [0.2, 0.25) is 0 Å². The van der Waals surface area contributed by atoms with Gasteiger partial charge in [-0.2, -0.15) is 0 Å². The lowest BCUT2D eigenvalue weighted by atomic mass is 10.1. The summed E-state index contributed by atoms with van der Waals surface area (Å²) in [6, 6.07) is 11.5. The summed E-state index contributed by atoms with van der Waals surface area (Å²) < 4.78 is 0. The van der Waals surface area contributed by atoms with Crippen LogP contribution in [0.15, 0.2) is 54.9 Å². The summed E-state index contributed by atoms with van der Waals surface area (Å²) in [7, 11) is 0. The fraction of sp³-hybridized carbons (Fsp3) is 0.0667. The Bertz CT molecular complexity index is 527. The van der Waals surface area contributed by atoms with Crippen molar-refractivity contribution in [2.24, 2.45) is 0 Å². The molecule has 0 bridgehead atoms. The third kappa shape index (κ3) is 3.11. The minimum absolute atomic E-state index is 0.00650. The molecule has 1 heterocycles. The summed E-state index contributed by atoms with van der Waals surface area (Å²) in [4.78, 5) is 15.6. The standard InChI is InChI=1S/C15H13NO/c1-12-2-4-13(5-3-12)6-7-15(17)14-8-10-16-11-9-14/h2-11H,1H3/b7-6-. The van der Waals surface area contributed by atoms with Gasteiger partial charge in [0.05, 0.1) is 0 Å². The fourth-order valence-electron chi connectivity index (χ4n) is 1.46. The second-order valence-electron chi connectivity index (χ2n) is 3.84. The van der Waals surface area contributed by atoms with Crippen LogP contribution in [0.3, 0.4) is 0 Å². The van der Waals surface area contributed by atoms with Crippen LogP contribution in [0.4, 0.5) is 0 Å². The number of carbonyl (C=O) groups excluding carboxylic acids is 1. The molecule has 0 unspecified atom stereocenters. The largest absolute Gasteiger partial charge is 0.289 e. The SMILES string of the molecule is Cc1ccc(/C=C\C(=O)c2ccncc2)cc1. The van der Waals surface area contributed by atoms with Crippen LogP contribution in [0.1, 0.15) is 21.5 Å². The van der Waals surface area contributed by atoms with Crippen LogP contribution in [-0.2, 0) is 0 Å². The molecule has 84 valence electrons. The maximum atomic E-state index is 11.8. The van der Waals surface area contributed by atoms with Gasteiger partial charge in [-0.3, -0.25) is 9.78 Å². The number of pyridine rings is 1. The highest BCUT2D eigenvalue weighted by Crippen LogP contribution is 2.06. The molecule has 0 atom stereocenters. The molecule has 0 saturated carbocycles. The number of benzene rings is 1. The first-order chi connectivity index (χ1) is 8.25. The van der Waals surface area contributed by atoms with E-state index in [1.807, 2.05) is 37.3 Å². The predicted molar refractivity (Wildman–Crippen MR) is 68.8 cm³/mol. The van der Waals surface area contributed by atoms with Gasteiger partial charge in [0, 0.05) is 18.0 Å². The zero-order valence-corrected chi connectivity index (χ0v) is 9.63. The Morgan fingerprint density at radius 1 is 1.06 bits per heavy atom. The Balaban J connectivity index is 2.11. The molecule has 2 aromatic rings. The van der Waals surface area contributed by atoms with Crippen LogP contribution >= 0.6 is 0 Å². The fourth-order valence-corrected chi connectivity index (χ4v) is 1.46. The average Bonchev–Trinajstić information content (AvgIpc) is 2.39.